The van der Waals surface area contributed by atoms with Crippen molar-refractivity contribution in [1.82, 2.24) is 14.5 Å². The number of nitrogens with one attached hydrogen (secondary N) is 1. The minimum atomic E-state index is -3.58. The fraction of sp³-hybridized carbons (Fsp3) is 0.400. The van der Waals surface area contributed by atoms with E-state index in [9.17, 15) is 18.0 Å². The number of rotatable bonds is 10. The SMILES string of the molecule is COC(=O)C(Cc1cc(C)c2nn(S(=O)(=O)CC[Si](C)(C)C)cc2c1)NC(=O)OCc1ccccc1. The summed E-state index contributed by atoms with van der Waals surface area (Å²) < 4.78 is 36.8. The van der Waals surface area contributed by atoms with Crippen LogP contribution in [0.5, 0.6) is 0 Å². The first-order chi connectivity index (χ1) is 16.9. The Balaban J connectivity index is 1.76. The maximum atomic E-state index is 12.8. The van der Waals surface area contributed by atoms with Gasteiger partial charge in [0, 0.05) is 19.9 Å². The number of amides is 1. The van der Waals surface area contributed by atoms with Crippen LogP contribution in [-0.4, -0.2) is 56.6 Å². The number of aromatic nitrogens is 2. The molecule has 1 unspecified atom stereocenters. The monoisotopic (exact) mass is 531 g/mol. The first-order valence-corrected chi connectivity index (χ1v) is 17.0. The fourth-order valence-corrected chi connectivity index (χ4v) is 7.78. The van der Waals surface area contributed by atoms with Gasteiger partial charge in [-0.05, 0) is 35.7 Å². The lowest BCUT2D eigenvalue weighted by atomic mass is 10.0. The maximum absolute atomic E-state index is 12.8. The second kappa shape index (κ2) is 11.3. The number of aryl methyl sites for hydroxylation is 1. The van der Waals surface area contributed by atoms with Crippen molar-refractivity contribution < 1.29 is 27.5 Å². The van der Waals surface area contributed by atoms with E-state index in [1.54, 1.807) is 6.07 Å². The van der Waals surface area contributed by atoms with Crippen LogP contribution in [0.3, 0.4) is 0 Å². The molecule has 0 aliphatic carbocycles. The van der Waals surface area contributed by atoms with Gasteiger partial charge in [-0.3, -0.25) is 0 Å². The Hall–Kier alpha value is -3.18. The Morgan fingerprint density at radius 2 is 1.81 bits per heavy atom. The van der Waals surface area contributed by atoms with E-state index >= 15 is 0 Å². The molecule has 1 N–H and O–H groups in total. The van der Waals surface area contributed by atoms with Crippen molar-refractivity contribution in [3.63, 3.8) is 0 Å². The molecule has 0 saturated carbocycles. The van der Waals surface area contributed by atoms with Gasteiger partial charge >= 0.3 is 12.1 Å². The molecular weight excluding hydrogens is 498 g/mol. The van der Waals surface area contributed by atoms with Crippen LogP contribution in [0.2, 0.25) is 25.7 Å². The summed E-state index contributed by atoms with van der Waals surface area (Å²) in [6.07, 6.45) is 0.894. The molecule has 0 saturated heterocycles. The smallest absolute Gasteiger partial charge is 0.408 e. The maximum Gasteiger partial charge on any atom is 0.408 e. The fourth-order valence-electron chi connectivity index (χ4n) is 3.63. The molecule has 0 aliphatic rings. The molecule has 1 heterocycles. The van der Waals surface area contributed by atoms with Crippen molar-refractivity contribution in [1.29, 1.82) is 0 Å². The highest BCUT2D eigenvalue weighted by Crippen LogP contribution is 2.22. The molecule has 11 heteroatoms. The third-order valence-electron chi connectivity index (χ3n) is 5.66. The van der Waals surface area contributed by atoms with Crippen molar-refractivity contribution in [2.24, 2.45) is 0 Å². The summed E-state index contributed by atoms with van der Waals surface area (Å²) in [5.41, 5.74) is 2.87. The van der Waals surface area contributed by atoms with Crippen LogP contribution < -0.4 is 5.32 Å². The van der Waals surface area contributed by atoms with E-state index in [2.05, 4.69) is 30.1 Å². The molecule has 2 aromatic carbocycles. The van der Waals surface area contributed by atoms with E-state index in [0.29, 0.717) is 16.9 Å². The molecule has 0 fully saturated rings. The Labute approximate surface area is 212 Å². The second-order valence-corrected chi connectivity index (χ2v) is 17.5. The summed E-state index contributed by atoms with van der Waals surface area (Å²) in [7, 11) is -3.87. The predicted molar refractivity (Wildman–Crippen MR) is 141 cm³/mol. The van der Waals surface area contributed by atoms with Gasteiger partial charge in [0.2, 0.25) is 0 Å². The summed E-state index contributed by atoms with van der Waals surface area (Å²) in [4.78, 5) is 24.7. The Bertz CT molecular complexity index is 1330. The zero-order chi connectivity index (χ0) is 26.5. The van der Waals surface area contributed by atoms with Gasteiger partial charge in [-0.15, -0.1) is 0 Å². The molecule has 1 amide bonds. The number of fused-ring (bicyclic) bond motifs is 1. The molecule has 0 spiro atoms. The third kappa shape index (κ3) is 7.41. The number of alkyl carbamates (subject to hydrolysis) is 1. The third-order valence-corrected chi connectivity index (χ3v) is 9.25. The Morgan fingerprint density at radius 1 is 1.11 bits per heavy atom. The zero-order valence-electron chi connectivity index (χ0n) is 21.3. The first-order valence-electron chi connectivity index (χ1n) is 11.7. The number of carbonyl (C=O) groups excluding carboxylic acids is 2. The van der Waals surface area contributed by atoms with E-state index in [1.807, 2.05) is 43.3 Å². The molecule has 0 aliphatic heterocycles. The number of nitrogens with zero attached hydrogens (tertiary/aromatic N) is 2. The van der Waals surface area contributed by atoms with E-state index in [-0.39, 0.29) is 18.8 Å². The Morgan fingerprint density at radius 3 is 2.44 bits per heavy atom. The highest BCUT2D eigenvalue weighted by molar-refractivity contribution is 7.89. The first kappa shape index (κ1) is 27.4. The van der Waals surface area contributed by atoms with Gasteiger partial charge in [0.25, 0.3) is 10.0 Å². The number of esters is 1. The van der Waals surface area contributed by atoms with Crippen LogP contribution >= 0.6 is 0 Å². The molecule has 9 nitrogen and oxygen atoms in total. The number of benzene rings is 2. The lowest BCUT2D eigenvalue weighted by molar-refractivity contribution is -0.143. The summed E-state index contributed by atoms with van der Waals surface area (Å²) in [6.45, 7) is 8.27. The van der Waals surface area contributed by atoms with E-state index in [4.69, 9.17) is 9.47 Å². The average molecular weight is 532 g/mol. The molecule has 194 valence electrons. The van der Waals surface area contributed by atoms with Crippen molar-refractivity contribution >= 4 is 41.1 Å². The van der Waals surface area contributed by atoms with Gasteiger partial charge in [-0.1, -0.05) is 56.0 Å². The van der Waals surface area contributed by atoms with Gasteiger partial charge < -0.3 is 14.8 Å². The molecular formula is C25H33N3O6SSi. The van der Waals surface area contributed by atoms with Crippen molar-refractivity contribution in [2.45, 2.75) is 51.7 Å². The van der Waals surface area contributed by atoms with Crippen LogP contribution in [0.15, 0.2) is 48.7 Å². The largest absolute Gasteiger partial charge is 0.467 e. The van der Waals surface area contributed by atoms with Crippen molar-refractivity contribution in [2.75, 3.05) is 12.9 Å². The van der Waals surface area contributed by atoms with Gasteiger partial charge in [0.15, 0.2) is 0 Å². The number of methoxy groups -OCH3 is 1. The molecule has 3 rings (SSSR count). The minimum Gasteiger partial charge on any atom is -0.467 e. The minimum absolute atomic E-state index is 0.0437. The molecule has 0 bridgehead atoms. The number of ether oxygens (including phenoxy) is 2. The van der Waals surface area contributed by atoms with Crippen LogP contribution in [0.4, 0.5) is 4.79 Å². The predicted octanol–water partition coefficient (Wildman–Crippen LogP) is 3.87. The molecule has 1 aromatic heterocycles. The number of hydrogen-bond acceptors (Lipinski definition) is 7. The average Bonchev–Trinajstić information content (AvgIpc) is 3.27. The second-order valence-electron chi connectivity index (χ2n) is 9.96. The highest BCUT2D eigenvalue weighted by Gasteiger charge is 2.25. The topological polar surface area (TPSA) is 117 Å². The number of hydrogen-bond donors (Lipinski definition) is 1. The van der Waals surface area contributed by atoms with E-state index in [1.165, 1.54) is 13.3 Å². The lowest BCUT2D eigenvalue weighted by Crippen LogP contribution is -2.43. The standard InChI is InChI=1S/C25H33N3O6SSi/c1-18-13-20(14-21-16-28(27-23(18)21)35(31,32)11-12-36(3,4)5)15-22(24(29)33-2)26-25(30)34-17-19-9-7-6-8-10-19/h6-10,13-14,16,22H,11-12,15,17H2,1-5H3,(H,26,30). The summed E-state index contributed by atoms with van der Waals surface area (Å²) in [6, 6.07) is 12.4. The van der Waals surface area contributed by atoms with Crippen LogP contribution in [0, 0.1) is 6.92 Å². The molecule has 1 atom stereocenters. The summed E-state index contributed by atoms with van der Waals surface area (Å²) in [5.74, 6) is -0.573. The van der Waals surface area contributed by atoms with E-state index < -0.39 is 36.2 Å². The molecule has 0 radical (unpaired) electrons. The van der Waals surface area contributed by atoms with Crippen LogP contribution in [-0.2, 0) is 37.3 Å². The quantitative estimate of drug-likeness (QED) is 0.312. The van der Waals surface area contributed by atoms with Crippen molar-refractivity contribution in [3.05, 3.63) is 65.4 Å². The van der Waals surface area contributed by atoms with E-state index in [0.717, 1.165) is 20.8 Å². The summed E-state index contributed by atoms with van der Waals surface area (Å²) >= 11 is 0. The Kier molecular flexibility index (Phi) is 8.57. The van der Waals surface area contributed by atoms with Gasteiger partial charge in [0.1, 0.15) is 12.6 Å². The van der Waals surface area contributed by atoms with Crippen molar-refractivity contribution in [3.8, 4) is 0 Å². The zero-order valence-corrected chi connectivity index (χ0v) is 23.1. The lowest BCUT2D eigenvalue weighted by Gasteiger charge is -2.17. The van der Waals surface area contributed by atoms with Gasteiger partial charge in [-0.2, -0.15) is 9.19 Å². The van der Waals surface area contributed by atoms with Gasteiger partial charge in [0.05, 0.1) is 24.6 Å². The molecule has 3 aromatic rings. The summed E-state index contributed by atoms with van der Waals surface area (Å²) in [5, 5.41) is 7.52. The molecule has 36 heavy (non-hydrogen) atoms. The normalized spacial score (nSPS) is 12.8. The van der Waals surface area contributed by atoms with Gasteiger partial charge in [-0.25, -0.2) is 18.0 Å². The number of carbonyl (C=O) groups is 2. The highest BCUT2D eigenvalue weighted by atomic mass is 32.2. The van der Waals surface area contributed by atoms with Crippen LogP contribution in [0.25, 0.3) is 10.9 Å². The van der Waals surface area contributed by atoms with Crippen LogP contribution in [0.1, 0.15) is 16.7 Å².